The van der Waals surface area contributed by atoms with Gasteiger partial charge >= 0.3 is 0 Å². The molecule has 0 unspecified atom stereocenters. The molecule has 7 heteroatoms. The van der Waals surface area contributed by atoms with Crippen molar-refractivity contribution in [3.05, 3.63) is 86.0 Å². The molecule has 0 bridgehead atoms. The number of nitrogens with zero attached hydrogens (tertiary/aromatic N) is 3. The van der Waals surface area contributed by atoms with E-state index in [1.54, 1.807) is 6.07 Å². The third-order valence-corrected chi connectivity index (χ3v) is 5.69. The van der Waals surface area contributed by atoms with Gasteiger partial charge in [0.1, 0.15) is 17.3 Å². The van der Waals surface area contributed by atoms with E-state index < -0.39 is 0 Å². The van der Waals surface area contributed by atoms with Gasteiger partial charge in [-0.25, -0.2) is 4.98 Å². The SMILES string of the molecule is CC[C@@H](C)c1nc2ccc(Br)cc2c(=O)n1N=Cc1ccc(-c2ccc(Cl)cc2)o1. The Kier molecular flexibility index (Phi) is 5.88. The fourth-order valence-corrected chi connectivity index (χ4v) is 3.57. The number of fused-ring (bicyclic) bond motifs is 1. The molecule has 0 aliphatic rings. The zero-order chi connectivity index (χ0) is 21.3. The predicted octanol–water partition coefficient (Wildman–Crippen LogP) is 6.47. The standard InChI is InChI=1S/C23H19BrClN3O2/c1-3-14(2)22-27-20-10-6-16(24)12-19(20)23(29)28(22)26-13-18-9-11-21(30-18)15-4-7-17(25)8-5-15/h4-14H,3H2,1-2H3/t14-/m1/s1. The maximum Gasteiger partial charge on any atom is 0.282 e. The fourth-order valence-electron chi connectivity index (χ4n) is 3.09. The molecule has 2 aromatic heterocycles. The van der Waals surface area contributed by atoms with Crippen LogP contribution in [-0.4, -0.2) is 15.9 Å². The number of aromatic nitrogens is 2. The normalized spacial score (nSPS) is 12.7. The van der Waals surface area contributed by atoms with Crippen LogP contribution in [0.1, 0.15) is 37.8 Å². The lowest BCUT2D eigenvalue weighted by atomic mass is 10.1. The molecule has 30 heavy (non-hydrogen) atoms. The lowest BCUT2D eigenvalue weighted by molar-refractivity contribution is 0.571. The Hall–Kier alpha value is -2.70. The summed E-state index contributed by atoms with van der Waals surface area (Å²) >= 11 is 9.37. The molecule has 0 radical (unpaired) electrons. The van der Waals surface area contributed by atoms with Crippen LogP contribution in [0, 0.1) is 0 Å². The molecule has 5 nitrogen and oxygen atoms in total. The largest absolute Gasteiger partial charge is 0.455 e. The van der Waals surface area contributed by atoms with E-state index in [1.807, 2.05) is 55.5 Å². The maximum atomic E-state index is 13.1. The third-order valence-electron chi connectivity index (χ3n) is 4.94. The summed E-state index contributed by atoms with van der Waals surface area (Å²) in [5, 5.41) is 5.61. The number of benzene rings is 2. The van der Waals surface area contributed by atoms with Gasteiger partial charge in [-0.05, 0) is 61.0 Å². The average molecular weight is 485 g/mol. The van der Waals surface area contributed by atoms with Crippen LogP contribution in [0.15, 0.2) is 73.4 Å². The van der Waals surface area contributed by atoms with Gasteiger partial charge in [0.05, 0.1) is 17.1 Å². The van der Waals surface area contributed by atoms with Gasteiger partial charge in [-0.15, -0.1) is 0 Å². The van der Waals surface area contributed by atoms with Gasteiger partial charge in [0, 0.05) is 21.0 Å². The summed E-state index contributed by atoms with van der Waals surface area (Å²) in [4.78, 5) is 17.9. The van der Waals surface area contributed by atoms with Crippen molar-refractivity contribution < 1.29 is 4.42 Å². The van der Waals surface area contributed by atoms with Crippen molar-refractivity contribution in [2.75, 3.05) is 0 Å². The van der Waals surface area contributed by atoms with Crippen molar-refractivity contribution in [1.29, 1.82) is 0 Å². The minimum Gasteiger partial charge on any atom is -0.455 e. The molecule has 0 fully saturated rings. The first-order chi connectivity index (χ1) is 14.5. The Balaban J connectivity index is 1.75. The van der Waals surface area contributed by atoms with Gasteiger partial charge in [-0.3, -0.25) is 4.79 Å². The van der Waals surface area contributed by atoms with E-state index in [0.29, 0.717) is 33.3 Å². The lowest BCUT2D eigenvalue weighted by Crippen LogP contribution is -2.23. The smallest absolute Gasteiger partial charge is 0.282 e. The number of hydrogen-bond donors (Lipinski definition) is 0. The first-order valence-corrected chi connectivity index (χ1v) is 10.8. The molecule has 0 aliphatic heterocycles. The molecule has 0 saturated carbocycles. The summed E-state index contributed by atoms with van der Waals surface area (Å²) in [6.07, 6.45) is 2.38. The monoisotopic (exact) mass is 483 g/mol. The van der Waals surface area contributed by atoms with Crippen molar-refractivity contribution in [2.24, 2.45) is 5.10 Å². The first-order valence-electron chi connectivity index (χ1n) is 9.58. The molecular formula is C23H19BrClN3O2. The van der Waals surface area contributed by atoms with E-state index in [4.69, 9.17) is 21.0 Å². The highest BCUT2D eigenvalue weighted by atomic mass is 79.9. The lowest BCUT2D eigenvalue weighted by Gasteiger charge is -2.13. The quantitative estimate of drug-likeness (QED) is 0.305. The van der Waals surface area contributed by atoms with Gasteiger partial charge < -0.3 is 4.42 Å². The highest BCUT2D eigenvalue weighted by Crippen LogP contribution is 2.24. The molecule has 4 aromatic rings. The van der Waals surface area contributed by atoms with E-state index in [-0.39, 0.29) is 11.5 Å². The second-order valence-corrected chi connectivity index (χ2v) is 8.36. The summed E-state index contributed by atoms with van der Waals surface area (Å²) in [5.41, 5.74) is 1.36. The summed E-state index contributed by atoms with van der Waals surface area (Å²) < 4.78 is 8.06. The van der Waals surface area contributed by atoms with E-state index in [0.717, 1.165) is 16.5 Å². The highest BCUT2D eigenvalue weighted by Gasteiger charge is 2.15. The minimum atomic E-state index is -0.211. The van der Waals surface area contributed by atoms with Crippen LogP contribution in [0.25, 0.3) is 22.2 Å². The topological polar surface area (TPSA) is 60.4 Å². The van der Waals surface area contributed by atoms with Crippen LogP contribution in [0.5, 0.6) is 0 Å². The minimum absolute atomic E-state index is 0.0733. The van der Waals surface area contributed by atoms with Gasteiger partial charge in [-0.1, -0.05) is 41.4 Å². The van der Waals surface area contributed by atoms with Crippen LogP contribution in [0.2, 0.25) is 5.02 Å². The summed E-state index contributed by atoms with van der Waals surface area (Å²) in [6, 6.07) is 16.6. The fraction of sp³-hybridized carbons (Fsp3) is 0.174. The number of rotatable bonds is 5. The van der Waals surface area contributed by atoms with E-state index in [1.165, 1.54) is 10.9 Å². The van der Waals surface area contributed by atoms with Crippen LogP contribution in [0.3, 0.4) is 0 Å². The summed E-state index contributed by atoms with van der Waals surface area (Å²) in [6.45, 7) is 4.09. The van der Waals surface area contributed by atoms with E-state index >= 15 is 0 Å². The van der Waals surface area contributed by atoms with Crippen LogP contribution in [0.4, 0.5) is 0 Å². The van der Waals surface area contributed by atoms with Crippen molar-refractivity contribution in [2.45, 2.75) is 26.2 Å². The Labute approximate surface area is 187 Å². The van der Waals surface area contributed by atoms with Crippen molar-refractivity contribution in [1.82, 2.24) is 9.66 Å². The molecule has 2 heterocycles. The Morgan fingerprint density at radius 1 is 1.20 bits per heavy atom. The second kappa shape index (κ2) is 8.58. The van der Waals surface area contributed by atoms with E-state index in [9.17, 15) is 4.79 Å². The van der Waals surface area contributed by atoms with Crippen molar-refractivity contribution >= 4 is 44.6 Å². The van der Waals surface area contributed by atoms with Gasteiger partial charge in [-0.2, -0.15) is 9.78 Å². The van der Waals surface area contributed by atoms with Crippen molar-refractivity contribution in [3.63, 3.8) is 0 Å². The Morgan fingerprint density at radius 2 is 1.97 bits per heavy atom. The van der Waals surface area contributed by atoms with Gasteiger partial charge in [0.15, 0.2) is 0 Å². The molecule has 152 valence electrons. The second-order valence-electron chi connectivity index (χ2n) is 7.01. The maximum absolute atomic E-state index is 13.1. The van der Waals surface area contributed by atoms with Crippen LogP contribution in [-0.2, 0) is 0 Å². The molecule has 1 atom stereocenters. The summed E-state index contributed by atoms with van der Waals surface area (Å²) in [5.74, 6) is 1.93. The van der Waals surface area contributed by atoms with Gasteiger partial charge in [0.2, 0.25) is 0 Å². The Bertz CT molecular complexity index is 1290. The average Bonchev–Trinajstić information content (AvgIpc) is 3.22. The van der Waals surface area contributed by atoms with Crippen LogP contribution >= 0.6 is 27.5 Å². The third kappa shape index (κ3) is 4.11. The molecule has 0 amide bonds. The zero-order valence-electron chi connectivity index (χ0n) is 16.5. The van der Waals surface area contributed by atoms with Crippen LogP contribution < -0.4 is 5.56 Å². The molecular weight excluding hydrogens is 466 g/mol. The van der Waals surface area contributed by atoms with E-state index in [2.05, 4.69) is 28.0 Å². The molecule has 0 aliphatic carbocycles. The van der Waals surface area contributed by atoms with Gasteiger partial charge in [0.25, 0.3) is 5.56 Å². The molecule has 0 saturated heterocycles. The predicted molar refractivity (Wildman–Crippen MR) is 125 cm³/mol. The molecule has 0 spiro atoms. The number of halogens is 2. The Morgan fingerprint density at radius 3 is 2.70 bits per heavy atom. The number of hydrogen-bond acceptors (Lipinski definition) is 4. The molecule has 4 rings (SSSR count). The molecule has 0 N–H and O–H groups in total. The zero-order valence-corrected chi connectivity index (χ0v) is 18.8. The van der Waals surface area contributed by atoms with Crippen molar-refractivity contribution in [3.8, 4) is 11.3 Å². The highest BCUT2D eigenvalue weighted by molar-refractivity contribution is 9.10. The number of furan rings is 1. The first kappa shape index (κ1) is 20.6. The molecule has 2 aromatic carbocycles. The summed E-state index contributed by atoms with van der Waals surface area (Å²) in [7, 11) is 0.